The van der Waals surface area contributed by atoms with Crippen LogP contribution in [-0.2, 0) is 16.1 Å². The fourth-order valence-corrected chi connectivity index (χ4v) is 2.72. The molecular formula is C13H19ClN2O2S. The fraction of sp³-hybridized carbons (Fsp3) is 0.462. The number of amides is 1. The van der Waals surface area contributed by atoms with E-state index in [1.54, 1.807) is 18.1 Å². The van der Waals surface area contributed by atoms with Crippen LogP contribution in [0.15, 0.2) is 24.8 Å². The van der Waals surface area contributed by atoms with E-state index in [0.29, 0.717) is 30.5 Å². The largest absolute Gasteiger partial charge is 0.385 e. The van der Waals surface area contributed by atoms with Crippen molar-refractivity contribution in [1.82, 2.24) is 4.90 Å². The zero-order chi connectivity index (χ0) is 14.3. The maximum Gasteiger partial charge on any atom is 0.240 e. The van der Waals surface area contributed by atoms with E-state index in [-0.39, 0.29) is 5.91 Å². The molecule has 2 N–H and O–H groups in total. The highest BCUT2D eigenvalue weighted by atomic mass is 35.5. The van der Waals surface area contributed by atoms with Gasteiger partial charge in [-0.1, -0.05) is 17.7 Å². The van der Waals surface area contributed by atoms with Crippen molar-refractivity contribution in [3.05, 3.63) is 34.0 Å². The number of carbonyl (C=O) groups excluding carboxylic acids is 1. The predicted molar refractivity (Wildman–Crippen MR) is 79.4 cm³/mol. The Kier molecular flexibility index (Phi) is 7.09. The van der Waals surface area contributed by atoms with Crippen LogP contribution in [0, 0.1) is 0 Å². The number of hydrogen-bond donors (Lipinski definition) is 1. The smallest absolute Gasteiger partial charge is 0.240 e. The van der Waals surface area contributed by atoms with Gasteiger partial charge in [-0.2, -0.15) is 0 Å². The first kappa shape index (κ1) is 16.2. The van der Waals surface area contributed by atoms with Crippen LogP contribution in [0.3, 0.4) is 0 Å². The summed E-state index contributed by atoms with van der Waals surface area (Å²) in [5.74, 6) is -0.0959. The van der Waals surface area contributed by atoms with E-state index in [9.17, 15) is 4.79 Å². The summed E-state index contributed by atoms with van der Waals surface area (Å²) in [5.41, 5.74) is 5.87. The van der Waals surface area contributed by atoms with Crippen LogP contribution in [0.5, 0.6) is 0 Å². The van der Waals surface area contributed by atoms with E-state index in [4.69, 9.17) is 22.1 Å². The molecule has 0 fully saturated rings. The summed E-state index contributed by atoms with van der Waals surface area (Å²) in [4.78, 5) is 14.9. The lowest BCUT2D eigenvalue weighted by atomic mass is 10.2. The first-order chi connectivity index (χ1) is 9.08. The number of methoxy groups -OCH3 is 1. The molecule has 106 valence electrons. The SMILES string of the molecule is C=CCN(Cc1ccc(Cl)s1)C(=O)C(N)CCOC. The first-order valence-corrected chi connectivity index (χ1v) is 7.16. The van der Waals surface area contributed by atoms with Crippen molar-refractivity contribution in [2.24, 2.45) is 5.73 Å². The minimum atomic E-state index is -0.546. The summed E-state index contributed by atoms with van der Waals surface area (Å²) in [6, 6.07) is 3.19. The minimum absolute atomic E-state index is 0.0959. The number of halogens is 1. The minimum Gasteiger partial charge on any atom is -0.385 e. The molecule has 0 saturated carbocycles. The van der Waals surface area contributed by atoms with Gasteiger partial charge in [0.05, 0.1) is 16.9 Å². The van der Waals surface area contributed by atoms with Crippen LogP contribution in [0.1, 0.15) is 11.3 Å². The molecule has 0 saturated heterocycles. The number of thiophene rings is 1. The molecule has 0 aromatic carbocycles. The topological polar surface area (TPSA) is 55.6 Å². The van der Waals surface area contributed by atoms with Crippen molar-refractivity contribution in [1.29, 1.82) is 0 Å². The lowest BCUT2D eigenvalue weighted by molar-refractivity contribution is -0.133. The van der Waals surface area contributed by atoms with Crippen LogP contribution in [0.25, 0.3) is 0 Å². The van der Waals surface area contributed by atoms with Gasteiger partial charge in [0.1, 0.15) is 0 Å². The Hall–Kier alpha value is -0.880. The second-order valence-electron chi connectivity index (χ2n) is 4.10. The van der Waals surface area contributed by atoms with Gasteiger partial charge in [0.25, 0.3) is 0 Å². The van der Waals surface area contributed by atoms with E-state index in [1.807, 2.05) is 12.1 Å². The first-order valence-electron chi connectivity index (χ1n) is 5.97. The lowest BCUT2D eigenvalue weighted by Gasteiger charge is -2.24. The second kappa shape index (κ2) is 8.32. The molecule has 1 unspecified atom stereocenters. The number of carbonyl (C=O) groups is 1. The molecule has 0 aliphatic carbocycles. The zero-order valence-corrected chi connectivity index (χ0v) is 12.5. The van der Waals surface area contributed by atoms with E-state index in [2.05, 4.69) is 6.58 Å². The van der Waals surface area contributed by atoms with Crippen LogP contribution in [0.2, 0.25) is 4.34 Å². The normalized spacial score (nSPS) is 12.2. The number of ether oxygens (including phenoxy) is 1. The number of rotatable bonds is 8. The van der Waals surface area contributed by atoms with Gasteiger partial charge in [-0.3, -0.25) is 4.79 Å². The summed E-state index contributed by atoms with van der Waals surface area (Å²) < 4.78 is 5.65. The van der Waals surface area contributed by atoms with Gasteiger partial charge in [0.2, 0.25) is 5.91 Å². The van der Waals surface area contributed by atoms with Crippen molar-refractivity contribution in [3.63, 3.8) is 0 Å². The summed E-state index contributed by atoms with van der Waals surface area (Å²) in [7, 11) is 1.59. The number of nitrogens with two attached hydrogens (primary N) is 1. The summed E-state index contributed by atoms with van der Waals surface area (Å²) in [6.07, 6.45) is 2.20. The van der Waals surface area contributed by atoms with Gasteiger partial charge in [-0.05, 0) is 18.6 Å². The Morgan fingerprint density at radius 2 is 2.42 bits per heavy atom. The summed E-state index contributed by atoms with van der Waals surface area (Å²) >= 11 is 7.35. The van der Waals surface area contributed by atoms with Crippen molar-refractivity contribution in [2.45, 2.75) is 19.0 Å². The Morgan fingerprint density at radius 3 is 2.95 bits per heavy atom. The van der Waals surface area contributed by atoms with Crippen molar-refractivity contribution < 1.29 is 9.53 Å². The lowest BCUT2D eigenvalue weighted by Crippen LogP contribution is -2.43. The van der Waals surface area contributed by atoms with Crippen molar-refractivity contribution in [3.8, 4) is 0 Å². The van der Waals surface area contributed by atoms with Crippen LogP contribution < -0.4 is 5.73 Å². The molecule has 0 bridgehead atoms. The van der Waals surface area contributed by atoms with E-state index in [1.165, 1.54) is 11.3 Å². The molecule has 0 aliphatic heterocycles. The van der Waals surface area contributed by atoms with E-state index < -0.39 is 6.04 Å². The van der Waals surface area contributed by atoms with Gasteiger partial charge in [0.15, 0.2) is 0 Å². The Balaban J connectivity index is 2.65. The van der Waals surface area contributed by atoms with Gasteiger partial charge >= 0.3 is 0 Å². The number of hydrogen-bond acceptors (Lipinski definition) is 4. The molecular weight excluding hydrogens is 284 g/mol. The van der Waals surface area contributed by atoms with E-state index in [0.717, 1.165) is 4.88 Å². The fourth-order valence-electron chi connectivity index (χ4n) is 1.62. The van der Waals surface area contributed by atoms with E-state index >= 15 is 0 Å². The van der Waals surface area contributed by atoms with Crippen molar-refractivity contribution in [2.75, 3.05) is 20.3 Å². The molecule has 19 heavy (non-hydrogen) atoms. The molecule has 0 spiro atoms. The Bertz CT molecular complexity index is 423. The maximum atomic E-state index is 12.2. The van der Waals surface area contributed by atoms with Crippen LogP contribution >= 0.6 is 22.9 Å². The molecule has 1 heterocycles. The molecule has 1 aromatic heterocycles. The zero-order valence-electron chi connectivity index (χ0n) is 11.0. The molecule has 1 rings (SSSR count). The monoisotopic (exact) mass is 302 g/mol. The highest BCUT2D eigenvalue weighted by Crippen LogP contribution is 2.22. The second-order valence-corrected chi connectivity index (χ2v) is 5.90. The molecule has 1 amide bonds. The van der Waals surface area contributed by atoms with Crippen LogP contribution in [-0.4, -0.2) is 37.1 Å². The average Bonchev–Trinajstić information content (AvgIpc) is 2.80. The van der Waals surface area contributed by atoms with Gasteiger partial charge in [-0.25, -0.2) is 0 Å². The highest BCUT2D eigenvalue weighted by Gasteiger charge is 2.20. The summed E-state index contributed by atoms with van der Waals surface area (Å²) in [6.45, 7) is 5.11. The molecule has 6 heteroatoms. The Morgan fingerprint density at radius 1 is 1.68 bits per heavy atom. The van der Waals surface area contributed by atoms with Crippen molar-refractivity contribution >= 4 is 28.8 Å². The molecule has 0 radical (unpaired) electrons. The third-order valence-corrected chi connectivity index (χ3v) is 3.80. The Labute approximate surface area is 122 Å². The molecule has 1 aromatic rings. The number of nitrogens with zero attached hydrogens (tertiary/aromatic N) is 1. The van der Waals surface area contributed by atoms with Gasteiger partial charge in [-0.15, -0.1) is 17.9 Å². The molecule has 1 atom stereocenters. The summed E-state index contributed by atoms with van der Waals surface area (Å²) in [5, 5.41) is 0. The predicted octanol–water partition coefficient (Wildman–Crippen LogP) is 2.28. The third kappa shape index (κ3) is 5.32. The van der Waals surface area contributed by atoms with Gasteiger partial charge < -0.3 is 15.4 Å². The van der Waals surface area contributed by atoms with Gasteiger partial charge in [0, 0.05) is 25.1 Å². The molecule has 4 nitrogen and oxygen atoms in total. The molecule has 0 aliphatic rings. The maximum absolute atomic E-state index is 12.2. The standard InChI is InChI=1S/C13H19ClN2O2S/c1-3-7-16(9-10-4-5-12(14)19-10)13(17)11(15)6-8-18-2/h3-5,11H,1,6-9,15H2,2H3. The quantitative estimate of drug-likeness (QED) is 0.750. The highest BCUT2D eigenvalue weighted by molar-refractivity contribution is 7.16. The average molecular weight is 303 g/mol. The van der Waals surface area contributed by atoms with Crippen LogP contribution in [0.4, 0.5) is 0 Å². The third-order valence-electron chi connectivity index (χ3n) is 2.59.